The van der Waals surface area contributed by atoms with Crippen molar-refractivity contribution in [2.45, 2.75) is 23.9 Å². The highest BCUT2D eigenvalue weighted by molar-refractivity contribution is 7.99. The largest absolute Gasteiger partial charge is 0.478 e. The fourth-order valence-corrected chi connectivity index (χ4v) is 2.84. The number of nitrogens with zero attached hydrogens (tertiary/aromatic N) is 3. The summed E-state index contributed by atoms with van der Waals surface area (Å²) in [5.74, 6) is -1.06. The average molecular weight is 291 g/mol. The molecule has 0 saturated carbocycles. The highest BCUT2D eigenvalue weighted by Crippen LogP contribution is 2.27. The van der Waals surface area contributed by atoms with Crippen LogP contribution in [0.4, 0.5) is 0 Å². The second-order valence-corrected chi connectivity index (χ2v) is 5.29. The van der Waals surface area contributed by atoms with E-state index >= 15 is 0 Å². The molecule has 0 unspecified atom stereocenters. The quantitative estimate of drug-likeness (QED) is 0.925. The number of pyridine rings is 1. The van der Waals surface area contributed by atoms with Gasteiger partial charge in [0, 0.05) is 25.1 Å². The van der Waals surface area contributed by atoms with E-state index in [9.17, 15) is 14.7 Å². The van der Waals surface area contributed by atoms with Gasteiger partial charge in [0.25, 0.3) is 5.56 Å². The molecule has 0 aliphatic rings. The standard InChI is InChI=1S/C13H13N3O3S/c1-7-6-8(2)15-10(9(7)13(18)19)20-11-12(17)16(3)5-4-14-11/h4-6H,1-3H3,(H,18,19). The molecule has 104 valence electrons. The third-order valence-electron chi connectivity index (χ3n) is 2.70. The molecule has 0 spiro atoms. The molecule has 2 aromatic heterocycles. The SMILES string of the molecule is Cc1cc(C)c(C(=O)O)c(Sc2nccn(C)c2=O)n1. The number of aromatic carboxylic acids is 1. The molecule has 1 N–H and O–H groups in total. The van der Waals surface area contributed by atoms with Crippen molar-refractivity contribution in [1.29, 1.82) is 0 Å². The lowest BCUT2D eigenvalue weighted by molar-refractivity contribution is 0.0691. The molecule has 0 amide bonds. The van der Waals surface area contributed by atoms with Gasteiger partial charge in [0.1, 0.15) is 5.03 Å². The highest BCUT2D eigenvalue weighted by atomic mass is 32.2. The van der Waals surface area contributed by atoms with Crippen molar-refractivity contribution >= 4 is 17.7 Å². The zero-order chi connectivity index (χ0) is 14.9. The van der Waals surface area contributed by atoms with Gasteiger partial charge in [-0.05, 0) is 37.2 Å². The summed E-state index contributed by atoms with van der Waals surface area (Å²) in [6.45, 7) is 3.48. The maximum absolute atomic E-state index is 11.9. The molecule has 0 aliphatic carbocycles. The van der Waals surface area contributed by atoms with Crippen LogP contribution in [0.3, 0.4) is 0 Å². The Morgan fingerprint density at radius 1 is 1.35 bits per heavy atom. The third-order valence-corrected chi connectivity index (χ3v) is 3.67. The second kappa shape index (κ2) is 5.46. The number of aryl methyl sites for hydroxylation is 3. The Bertz CT molecular complexity index is 740. The van der Waals surface area contributed by atoms with Crippen molar-refractivity contribution in [2.24, 2.45) is 7.05 Å². The first-order valence-electron chi connectivity index (χ1n) is 5.81. The number of carboxylic acid groups (broad SMARTS) is 1. The van der Waals surface area contributed by atoms with Gasteiger partial charge in [0.05, 0.1) is 5.56 Å². The van der Waals surface area contributed by atoms with Crippen molar-refractivity contribution < 1.29 is 9.90 Å². The Kier molecular flexibility index (Phi) is 3.89. The van der Waals surface area contributed by atoms with E-state index < -0.39 is 5.97 Å². The Hall–Kier alpha value is -2.15. The van der Waals surface area contributed by atoms with Gasteiger partial charge in [0.2, 0.25) is 0 Å². The second-order valence-electron chi connectivity index (χ2n) is 4.32. The van der Waals surface area contributed by atoms with Crippen LogP contribution in [0.1, 0.15) is 21.6 Å². The van der Waals surface area contributed by atoms with Gasteiger partial charge in [-0.3, -0.25) is 4.79 Å². The minimum atomic E-state index is -1.06. The zero-order valence-electron chi connectivity index (χ0n) is 11.2. The van der Waals surface area contributed by atoms with Crippen LogP contribution in [0, 0.1) is 13.8 Å². The monoisotopic (exact) mass is 291 g/mol. The highest BCUT2D eigenvalue weighted by Gasteiger charge is 2.18. The molecule has 0 atom stereocenters. The molecule has 6 nitrogen and oxygen atoms in total. The third kappa shape index (κ3) is 2.72. The van der Waals surface area contributed by atoms with E-state index in [1.165, 1.54) is 10.8 Å². The van der Waals surface area contributed by atoms with Gasteiger partial charge >= 0.3 is 5.97 Å². The molecule has 0 bridgehead atoms. The maximum Gasteiger partial charge on any atom is 0.338 e. The predicted octanol–water partition coefficient (Wildman–Crippen LogP) is 1.64. The van der Waals surface area contributed by atoms with Crippen molar-refractivity contribution in [3.05, 3.63) is 45.6 Å². The summed E-state index contributed by atoms with van der Waals surface area (Å²) in [7, 11) is 1.61. The van der Waals surface area contributed by atoms with Crippen LogP contribution < -0.4 is 5.56 Å². The van der Waals surface area contributed by atoms with E-state index in [1.54, 1.807) is 33.2 Å². The van der Waals surface area contributed by atoms with Crippen LogP contribution in [-0.4, -0.2) is 25.6 Å². The summed E-state index contributed by atoms with van der Waals surface area (Å²) in [6, 6.07) is 1.70. The number of carboxylic acids is 1. The molecule has 2 rings (SSSR count). The van der Waals surface area contributed by atoms with Crippen molar-refractivity contribution in [3.63, 3.8) is 0 Å². The molecule has 7 heteroatoms. The first kappa shape index (κ1) is 14.3. The first-order valence-corrected chi connectivity index (χ1v) is 6.63. The Balaban J connectivity index is 2.56. The van der Waals surface area contributed by atoms with Crippen molar-refractivity contribution in [2.75, 3.05) is 0 Å². The predicted molar refractivity (Wildman–Crippen MR) is 74.3 cm³/mol. The number of aromatic nitrogens is 3. The van der Waals surface area contributed by atoms with Crippen LogP contribution in [0.15, 0.2) is 33.3 Å². The Labute approximate surface area is 119 Å². The summed E-state index contributed by atoms with van der Waals surface area (Å²) in [5.41, 5.74) is 1.13. The lowest BCUT2D eigenvalue weighted by Crippen LogP contribution is -2.19. The molecule has 0 aliphatic heterocycles. The molecular formula is C13H13N3O3S. The normalized spacial score (nSPS) is 10.6. The van der Waals surface area contributed by atoms with E-state index in [2.05, 4.69) is 9.97 Å². The summed E-state index contributed by atoms with van der Waals surface area (Å²) < 4.78 is 1.39. The lowest BCUT2D eigenvalue weighted by Gasteiger charge is -2.09. The first-order chi connectivity index (χ1) is 9.40. The fourth-order valence-electron chi connectivity index (χ4n) is 1.77. The molecule has 0 radical (unpaired) electrons. The Morgan fingerprint density at radius 3 is 2.70 bits per heavy atom. The van der Waals surface area contributed by atoms with Gasteiger partial charge < -0.3 is 9.67 Å². The van der Waals surface area contributed by atoms with Crippen molar-refractivity contribution in [3.8, 4) is 0 Å². The van der Waals surface area contributed by atoms with Crippen LogP contribution in [0.25, 0.3) is 0 Å². The minimum absolute atomic E-state index is 0.105. The van der Waals surface area contributed by atoms with E-state index in [1.807, 2.05) is 0 Å². The van der Waals surface area contributed by atoms with Gasteiger partial charge in [0.15, 0.2) is 5.03 Å². The van der Waals surface area contributed by atoms with E-state index in [-0.39, 0.29) is 21.2 Å². The summed E-state index contributed by atoms with van der Waals surface area (Å²) in [5, 5.41) is 9.77. The van der Waals surface area contributed by atoms with Crippen LogP contribution in [0.2, 0.25) is 0 Å². The van der Waals surface area contributed by atoms with Crippen LogP contribution in [0.5, 0.6) is 0 Å². The molecular weight excluding hydrogens is 278 g/mol. The number of rotatable bonds is 3. The molecule has 2 aromatic rings. The lowest BCUT2D eigenvalue weighted by atomic mass is 10.1. The topological polar surface area (TPSA) is 85.1 Å². The molecule has 20 heavy (non-hydrogen) atoms. The van der Waals surface area contributed by atoms with Gasteiger partial charge in [-0.15, -0.1) is 0 Å². The van der Waals surface area contributed by atoms with Gasteiger partial charge in [-0.1, -0.05) is 0 Å². The smallest absolute Gasteiger partial charge is 0.338 e. The van der Waals surface area contributed by atoms with Crippen LogP contribution >= 0.6 is 11.8 Å². The van der Waals surface area contributed by atoms with Gasteiger partial charge in [-0.2, -0.15) is 0 Å². The minimum Gasteiger partial charge on any atom is -0.478 e. The molecule has 0 aromatic carbocycles. The number of hydrogen-bond acceptors (Lipinski definition) is 5. The number of carbonyl (C=O) groups is 1. The summed E-state index contributed by atoms with van der Waals surface area (Å²) >= 11 is 0.975. The molecule has 0 fully saturated rings. The molecule has 2 heterocycles. The van der Waals surface area contributed by atoms with Crippen LogP contribution in [-0.2, 0) is 7.05 Å². The van der Waals surface area contributed by atoms with E-state index in [0.29, 0.717) is 11.3 Å². The maximum atomic E-state index is 11.9. The summed E-state index contributed by atoms with van der Waals surface area (Å²) in [4.78, 5) is 31.5. The van der Waals surface area contributed by atoms with E-state index in [4.69, 9.17) is 0 Å². The van der Waals surface area contributed by atoms with E-state index in [0.717, 1.165) is 11.8 Å². The number of hydrogen-bond donors (Lipinski definition) is 1. The van der Waals surface area contributed by atoms with Crippen molar-refractivity contribution in [1.82, 2.24) is 14.5 Å². The summed E-state index contributed by atoms with van der Waals surface area (Å²) in [6.07, 6.45) is 3.03. The molecule has 0 saturated heterocycles. The zero-order valence-corrected chi connectivity index (χ0v) is 12.1. The average Bonchev–Trinajstić information content (AvgIpc) is 2.33. The Morgan fingerprint density at radius 2 is 2.05 bits per heavy atom. The fraction of sp³-hybridized carbons (Fsp3) is 0.231. The van der Waals surface area contributed by atoms with Gasteiger partial charge in [-0.25, -0.2) is 14.8 Å².